The summed E-state index contributed by atoms with van der Waals surface area (Å²) in [6, 6.07) is 14.3. The Morgan fingerprint density at radius 3 is 2.19 bits per heavy atom. The van der Waals surface area contributed by atoms with Crippen molar-refractivity contribution in [2.24, 2.45) is 5.92 Å². The van der Waals surface area contributed by atoms with Crippen LogP contribution in [0.5, 0.6) is 5.75 Å². The lowest BCUT2D eigenvalue weighted by Crippen LogP contribution is -2.34. The monoisotopic (exact) mass is 443 g/mol. The van der Waals surface area contributed by atoms with Gasteiger partial charge in [0.1, 0.15) is 5.75 Å². The van der Waals surface area contributed by atoms with Gasteiger partial charge in [0.15, 0.2) is 0 Å². The van der Waals surface area contributed by atoms with Crippen molar-refractivity contribution in [2.75, 3.05) is 13.7 Å². The van der Waals surface area contributed by atoms with Crippen LogP contribution in [0.2, 0.25) is 0 Å². The third-order valence-electron chi connectivity index (χ3n) is 4.88. The van der Waals surface area contributed by atoms with Crippen molar-refractivity contribution in [3.63, 3.8) is 0 Å². The number of nitrogens with zero attached hydrogens (tertiary/aromatic N) is 3. The SMILES string of the molecule is COc1ccc(-c2noc(CN(CC(C)C)S(=O)(=O)c3ccc(C(C)C)cc3)n2)cc1. The number of methoxy groups -OCH3 is 1. The van der Waals surface area contributed by atoms with E-state index in [0.29, 0.717) is 18.3 Å². The Bertz CT molecular complexity index is 1090. The van der Waals surface area contributed by atoms with Crippen molar-refractivity contribution in [2.45, 2.75) is 45.1 Å². The van der Waals surface area contributed by atoms with E-state index in [1.807, 2.05) is 50.2 Å². The molecule has 0 saturated carbocycles. The van der Waals surface area contributed by atoms with Gasteiger partial charge in [-0.3, -0.25) is 0 Å². The second-order valence-electron chi connectivity index (χ2n) is 8.16. The van der Waals surface area contributed by atoms with Crippen LogP contribution < -0.4 is 4.74 Å². The van der Waals surface area contributed by atoms with E-state index in [4.69, 9.17) is 9.26 Å². The Labute approximate surface area is 184 Å². The first kappa shape index (κ1) is 23.0. The van der Waals surface area contributed by atoms with E-state index in [2.05, 4.69) is 24.0 Å². The zero-order chi connectivity index (χ0) is 22.6. The van der Waals surface area contributed by atoms with Gasteiger partial charge in [-0.15, -0.1) is 0 Å². The molecule has 3 aromatic rings. The predicted molar refractivity (Wildman–Crippen MR) is 119 cm³/mol. The van der Waals surface area contributed by atoms with Gasteiger partial charge in [0, 0.05) is 12.1 Å². The van der Waals surface area contributed by atoms with Crippen LogP contribution in [0.15, 0.2) is 57.9 Å². The summed E-state index contributed by atoms with van der Waals surface area (Å²) in [5.41, 5.74) is 1.86. The van der Waals surface area contributed by atoms with E-state index < -0.39 is 10.0 Å². The molecule has 0 aliphatic rings. The van der Waals surface area contributed by atoms with Crippen LogP contribution in [0.25, 0.3) is 11.4 Å². The molecule has 0 aliphatic heterocycles. The molecule has 0 atom stereocenters. The van der Waals surface area contributed by atoms with Crippen molar-refractivity contribution in [3.05, 3.63) is 60.0 Å². The fourth-order valence-corrected chi connectivity index (χ4v) is 4.71. The van der Waals surface area contributed by atoms with Gasteiger partial charge in [0.2, 0.25) is 21.7 Å². The molecule has 31 heavy (non-hydrogen) atoms. The summed E-state index contributed by atoms with van der Waals surface area (Å²) in [6.45, 7) is 8.45. The Hall–Kier alpha value is -2.71. The molecule has 0 aliphatic carbocycles. The molecule has 0 fully saturated rings. The minimum absolute atomic E-state index is 0.00952. The van der Waals surface area contributed by atoms with Crippen LogP contribution in [0.4, 0.5) is 0 Å². The summed E-state index contributed by atoms with van der Waals surface area (Å²) in [5.74, 6) is 1.84. The molecular weight excluding hydrogens is 414 g/mol. The van der Waals surface area contributed by atoms with E-state index in [9.17, 15) is 8.42 Å². The van der Waals surface area contributed by atoms with Crippen LogP contribution in [0.1, 0.15) is 45.1 Å². The maximum absolute atomic E-state index is 13.3. The smallest absolute Gasteiger partial charge is 0.243 e. The lowest BCUT2D eigenvalue weighted by molar-refractivity contribution is 0.298. The fourth-order valence-electron chi connectivity index (χ4n) is 3.16. The molecule has 0 bridgehead atoms. The largest absolute Gasteiger partial charge is 0.497 e. The molecule has 0 saturated heterocycles. The van der Waals surface area contributed by atoms with Crippen molar-refractivity contribution < 1.29 is 17.7 Å². The molecule has 1 aromatic heterocycles. The molecule has 8 heteroatoms. The van der Waals surface area contributed by atoms with Gasteiger partial charge < -0.3 is 9.26 Å². The van der Waals surface area contributed by atoms with Crippen molar-refractivity contribution in [1.29, 1.82) is 0 Å². The maximum atomic E-state index is 13.3. The highest BCUT2D eigenvalue weighted by molar-refractivity contribution is 7.89. The van der Waals surface area contributed by atoms with E-state index in [1.165, 1.54) is 4.31 Å². The lowest BCUT2D eigenvalue weighted by Gasteiger charge is -2.22. The number of aromatic nitrogens is 2. The van der Waals surface area contributed by atoms with E-state index >= 15 is 0 Å². The fraction of sp³-hybridized carbons (Fsp3) is 0.391. The molecule has 0 N–H and O–H groups in total. The average molecular weight is 444 g/mol. The number of sulfonamides is 1. The minimum Gasteiger partial charge on any atom is -0.497 e. The van der Waals surface area contributed by atoms with Crippen LogP contribution >= 0.6 is 0 Å². The first-order valence-electron chi connectivity index (χ1n) is 10.3. The van der Waals surface area contributed by atoms with Crippen molar-refractivity contribution in [3.8, 4) is 17.1 Å². The summed E-state index contributed by atoms with van der Waals surface area (Å²) >= 11 is 0. The van der Waals surface area contributed by atoms with Gasteiger partial charge in [0.05, 0.1) is 18.6 Å². The third kappa shape index (κ3) is 5.51. The Balaban J connectivity index is 1.85. The summed E-state index contributed by atoms with van der Waals surface area (Å²) in [5, 5.41) is 4.01. The maximum Gasteiger partial charge on any atom is 0.243 e. The molecular formula is C23H29N3O4S. The standard InChI is InChI=1S/C23H29N3O4S/c1-16(2)14-26(31(27,28)21-12-8-18(9-13-21)17(3)4)15-22-24-23(25-30-22)19-6-10-20(29-5)11-7-19/h6-13,16-17H,14-15H2,1-5H3. The first-order valence-corrected chi connectivity index (χ1v) is 11.7. The molecule has 1 heterocycles. The Kier molecular flexibility index (Phi) is 7.12. The van der Waals surface area contributed by atoms with Crippen LogP contribution in [0, 0.1) is 5.92 Å². The normalized spacial score (nSPS) is 12.1. The number of ether oxygens (including phenoxy) is 1. The predicted octanol–water partition coefficient (Wildman–Crippen LogP) is 4.72. The summed E-state index contributed by atoms with van der Waals surface area (Å²) in [4.78, 5) is 4.66. The van der Waals surface area contributed by atoms with E-state index in [1.54, 1.807) is 19.2 Å². The number of benzene rings is 2. The minimum atomic E-state index is -3.71. The van der Waals surface area contributed by atoms with Crippen molar-refractivity contribution in [1.82, 2.24) is 14.4 Å². The molecule has 0 unspecified atom stereocenters. The molecule has 3 rings (SSSR count). The quantitative estimate of drug-likeness (QED) is 0.476. The van der Waals surface area contributed by atoms with Gasteiger partial charge in [0.25, 0.3) is 0 Å². The molecule has 2 aromatic carbocycles. The number of rotatable bonds is 9. The lowest BCUT2D eigenvalue weighted by atomic mass is 10.0. The Morgan fingerprint density at radius 1 is 1.00 bits per heavy atom. The molecule has 0 amide bonds. The zero-order valence-electron chi connectivity index (χ0n) is 18.6. The van der Waals surface area contributed by atoms with Gasteiger partial charge in [-0.2, -0.15) is 9.29 Å². The van der Waals surface area contributed by atoms with Gasteiger partial charge >= 0.3 is 0 Å². The van der Waals surface area contributed by atoms with Crippen LogP contribution in [-0.2, 0) is 16.6 Å². The number of hydrogen-bond donors (Lipinski definition) is 0. The second-order valence-corrected chi connectivity index (χ2v) is 10.1. The zero-order valence-corrected chi connectivity index (χ0v) is 19.4. The summed E-state index contributed by atoms with van der Waals surface area (Å²) in [7, 11) is -2.11. The highest BCUT2D eigenvalue weighted by Crippen LogP contribution is 2.24. The molecule has 166 valence electrons. The van der Waals surface area contributed by atoms with E-state index in [0.717, 1.165) is 16.9 Å². The second kappa shape index (κ2) is 9.62. The highest BCUT2D eigenvalue weighted by atomic mass is 32.2. The highest BCUT2D eigenvalue weighted by Gasteiger charge is 2.27. The first-order chi connectivity index (χ1) is 14.7. The van der Waals surface area contributed by atoms with Crippen molar-refractivity contribution >= 4 is 10.0 Å². The van der Waals surface area contributed by atoms with Gasteiger partial charge in [-0.05, 0) is 53.8 Å². The Morgan fingerprint density at radius 2 is 1.65 bits per heavy atom. The van der Waals surface area contributed by atoms with Gasteiger partial charge in [-0.25, -0.2) is 8.42 Å². The third-order valence-corrected chi connectivity index (χ3v) is 6.71. The van der Waals surface area contributed by atoms with E-state index in [-0.39, 0.29) is 23.2 Å². The van der Waals surface area contributed by atoms with Crippen LogP contribution in [0.3, 0.4) is 0 Å². The average Bonchev–Trinajstić information content (AvgIpc) is 3.21. The number of hydrogen-bond acceptors (Lipinski definition) is 6. The molecule has 0 radical (unpaired) electrons. The summed E-state index contributed by atoms with van der Waals surface area (Å²) < 4.78 is 38.6. The molecule has 7 nitrogen and oxygen atoms in total. The van der Waals surface area contributed by atoms with Gasteiger partial charge in [-0.1, -0.05) is 45.0 Å². The van der Waals surface area contributed by atoms with Crippen LogP contribution in [-0.4, -0.2) is 36.5 Å². The topological polar surface area (TPSA) is 85.5 Å². The molecule has 0 spiro atoms. The summed E-state index contributed by atoms with van der Waals surface area (Å²) in [6.07, 6.45) is 0.